The highest BCUT2D eigenvalue weighted by Crippen LogP contribution is 2.39. The molecule has 0 saturated carbocycles. The standard InChI is InChI=1S/C19H22N2O6/c1-24-15-9-14(10-16(25-2)18(15)26-3)21-17(22)11-20-13-7-5-12(6-8-13)19(23)27-4/h5-10,20H,11H2,1-4H3,(H,21,22). The summed E-state index contributed by atoms with van der Waals surface area (Å²) in [6.07, 6.45) is 0. The zero-order valence-electron chi connectivity index (χ0n) is 15.6. The topological polar surface area (TPSA) is 95.1 Å². The zero-order chi connectivity index (χ0) is 19.8. The van der Waals surface area contributed by atoms with Crippen molar-refractivity contribution in [3.05, 3.63) is 42.0 Å². The molecule has 8 heteroatoms. The van der Waals surface area contributed by atoms with Crippen molar-refractivity contribution in [1.29, 1.82) is 0 Å². The van der Waals surface area contributed by atoms with Gasteiger partial charge >= 0.3 is 5.97 Å². The Hall–Kier alpha value is -3.42. The average Bonchev–Trinajstić information content (AvgIpc) is 2.71. The third-order valence-electron chi connectivity index (χ3n) is 3.71. The number of amides is 1. The minimum Gasteiger partial charge on any atom is -0.493 e. The molecule has 0 aliphatic carbocycles. The number of hydrogen-bond acceptors (Lipinski definition) is 7. The second-order valence-electron chi connectivity index (χ2n) is 5.38. The normalized spacial score (nSPS) is 9.93. The molecule has 8 nitrogen and oxygen atoms in total. The number of esters is 1. The largest absolute Gasteiger partial charge is 0.493 e. The summed E-state index contributed by atoms with van der Waals surface area (Å²) in [4.78, 5) is 23.6. The lowest BCUT2D eigenvalue weighted by Crippen LogP contribution is -2.21. The fourth-order valence-electron chi connectivity index (χ4n) is 2.38. The molecule has 0 aliphatic rings. The number of hydrogen-bond donors (Lipinski definition) is 2. The minimum atomic E-state index is -0.415. The van der Waals surface area contributed by atoms with Crippen LogP contribution in [0.5, 0.6) is 17.2 Å². The van der Waals surface area contributed by atoms with E-state index in [1.165, 1.54) is 28.4 Å². The number of rotatable bonds is 8. The first-order chi connectivity index (χ1) is 13.0. The van der Waals surface area contributed by atoms with Crippen LogP contribution in [0.25, 0.3) is 0 Å². The van der Waals surface area contributed by atoms with E-state index in [4.69, 9.17) is 14.2 Å². The van der Waals surface area contributed by atoms with Crippen LogP contribution >= 0.6 is 0 Å². The second kappa shape index (κ2) is 9.33. The van der Waals surface area contributed by atoms with Crippen LogP contribution in [0.1, 0.15) is 10.4 Å². The van der Waals surface area contributed by atoms with Crippen molar-refractivity contribution in [1.82, 2.24) is 0 Å². The van der Waals surface area contributed by atoms with Crippen LogP contribution in [0.3, 0.4) is 0 Å². The molecule has 1 amide bonds. The van der Waals surface area contributed by atoms with Gasteiger partial charge in [0.2, 0.25) is 11.7 Å². The predicted molar refractivity (Wildman–Crippen MR) is 101 cm³/mol. The Kier molecular flexibility index (Phi) is 6.87. The van der Waals surface area contributed by atoms with E-state index in [1.807, 2.05) is 0 Å². The van der Waals surface area contributed by atoms with Crippen LogP contribution in [0.4, 0.5) is 11.4 Å². The summed E-state index contributed by atoms with van der Waals surface area (Å²) in [6, 6.07) is 9.91. The Morgan fingerprint density at radius 1 is 0.852 bits per heavy atom. The molecule has 2 aromatic rings. The summed E-state index contributed by atoms with van der Waals surface area (Å²) in [5.74, 6) is 0.654. The highest BCUT2D eigenvalue weighted by atomic mass is 16.5. The molecule has 0 spiro atoms. The van der Waals surface area contributed by atoms with Crippen LogP contribution in [0, 0.1) is 0 Å². The number of methoxy groups -OCH3 is 4. The highest BCUT2D eigenvalue weighted by molar-refractivity contribution is 5.94. The molecule has 0 unspecified atom stereocenters. The third-order valence-corrected chi connectivity index (χ3v) is 3.71. The van der Waals surface area contributed by atoms with Crippen LogP contribution < -0.4 is 24.8 Å². The van der Waals surface area contributed by atoms with Gasteiger partial charge in [-0.1, -0.05) is 0 Å². The van der Waals surface area contributed by atoms with Crippen molar-refractivity contribution in [3.8, 4) is 17.2 Å². The lowest BCUT2D eigenvalue weighted by Gasteiger charge is -2.15. The van der Waals surface area contributed by atoms with Gasteiger partial charge in [0, 0.05) is 23.5 Å². The fourth-order valence-corrected chi connectivity index (χ4v) is 2.38. The van der Waals surface area contributed by atoms with Gasteiger partial charge in [0.15, 0.2) is 11.5 Å². The molecule has 0 radical (unpaired) electrons. The lowest BCUT2D eigenvalue weighted by molar-refractivity contribution is -0.114. The van der Waals surface area contributed by atoms with Gasteiger partial charge in [-0.25, -0.2) is 4.79 Å². The summed E-state index contributed by atoms with van der Waals surface area (Å²) >= 11 is 0. The van der Waals surface area contributed by atoms with Crippen molar-refractivity contribution in [3.63, 3.8) is 0 Å². The smallest absolute Gasteiger partial charge is 0.337 e. The van der Waals surface area contributed by atoms with Crippen molar-refractivity contribution in [2.24, 2.45) is 0 Å². The minimum absolute atomic E-state index is 0.0359. The number of carbonyl (C=O) groups excluding carboxylic acids is 2. The fraction of sp³-hybridized carbons (Fsp3) is 0.263. The molecule has 0 saturated heterocycles. The maximum atomic E-state index is 12.2. The van der Waals surface area contributed by atoms with E-state index in [0.29, 0.717) is 34.2 Å². The van der Waals surface area contributed by atoms with Gasteiger partial charge in [0.05, 0.1) is 40.5 Å². The van der Waals surface area contributed by atoms with Crippen molar-refractivity contribution in [2.75, 3.05) is 45.6 Å². The van der Waals surface area contributed by atoms with Crippen molar-refractivity contribution < 1.29 is 28.5 Å². The van der Waals surface area contributed by atoms with Gasteiger partial charge in [-0.2, -0.15) is 0 Å². The molecule has 27 heavy (non-hydrogen) atoms. The van der Waals surface area contributed by atoms with E-state index in [9.17, 15) is 9.59 Å². The molecule has 2 N–H and O–H groups in total. The number of carbonyl (C=O) groups is 2. The average molecular weight is 374 g/mol. The molecule has 0 heterocycles. The quantitative estimate of drug-likeness (QED) is 0.686. The van der Waals surface area contributed by atoms with E-state index in [2.05, 4.69) is 15.4 Å². The maximum absolute atomic E-state index is 12.2. The predicted octanol–water partition coefficient (Wildman–Crippen LogP) is 2.55. The summed E-state index contributed by atoms with van der Waals surface area (Å²) in [5, 5.41) is 5.74. The molecule has 144 valence electrons. The van der Waals surface area contributed by atoms with Gasteiger partial charge in [0.1, 0.15) is 0 Å². The number of nitrogens with one attached hydrogen (secondary N) is 2. The van der Waals surface area contributed by atoms with Gasteiger partial charge in [-0.05, 0) is 24.3 Å². The van der Waals surface area contributed by atoms with Gasteiger partial charge in [-0.3, -0.25) is 4.79 Å². The first-order valence-electron chi connectivity index (χ1n) is 8.04. The Morgan fingerprint density at radius 3 is 1.93 bits per heavy atom. The van der Waals surface area contributed by atoms with Crippen molar-refractivity contribution in [2.45, 2.75) is 0 Å². The molecule has 0 aromatic heterocycles. The van der Waals surface area contributed by atoms with Gasteiger partial charge in [0.25, 0.3) is 0 Å². The first-order valence-corrected chi connectivity index (χ1v) is 8.04. The molecular formula is C19H22N2O6. The van der Waals surface area contributed by atoms with Crippen LogP contribution in [-0.2, 0) is 9.53 Å². The second-order valence-corrected chi connectivity index (χ2v) is 5.38. The molecule has 0 atom stereocenters. The Labute approximate surface area is 157 Å². The van der Waals surface area contributed by atoms with E-state index >= 15 is 0 Å². The number of benzene rings is 2. The molecule has 0 fully saturated rings. The van der Waals surface area contributed by atoms with E-state index < -0.39 is 5.97 Å². The lowest BCUT2D eigenvalue weighted by atomic mass is 10.2. The zero-order valence-corrected chi connectivity index (χ0v) is 15.6. The van der Waals surface area contributed by atoms with Crippen LogP contribution in [-0.4, -0.2) is 46.9 Å². The van der Waals surface area contributed by atoms with E-state index in [-0.39, 0.29) is 12.5 Å². The first kappa shape index (κ1) is 19.9. The molecule has 2 rings (SSSR count). The Balaban J connectivity index is 2.00. The Morgan fingerprint density at radius 2 is 1.44 bits per heavy atom. The van der Waals surface area contributed by atoms with Crippen LogP contribution in [0.15, 0.2) is 36.4 Å². The van der Waals surface area contributed by atoms with Crippen molar-refractivity contribution >= 4 is 23.3 Å². The number of anilines is 2. The Bertz CT molecular complexity index is 779. The summed E-state index contributed by atoms with van der Waals surface area (Å²) in [6.45, 7) is 0.0359. The molecule has 2 aromatic carbocycles. The molecule has 0 aliphatic heterocycles. The molecule has 0 bridgehead atoms. The summed E-state index contributed by atoms with van der Waals surface area (Å²) in [5.41, 5.74) is 1.64. The van der Waals surface area contributed by atoms with E-state index in [1.54, 1.807) is 36.4 Å². The van der Waals surface area contributed by atoms with Gasteiger partial charge in [-0.15, -0.1) is 0 Å². The number of ether oxygens (including phenoxy) is 4. The SMILES string of the molecule is COC(=O)c1ccc(NCC(=O)Nc2cc(OC)c(OC)c(OC)c2)cc1. The van der Waals surface area contributed by atoms with Crippen LogP contribution in [0.2, 0.25) is 0 Å². The summed E-state index contributed by atoms with van der Waals surface area (Å²) in [7, 11) is 5.83. The monoisotopic (exact) mass is 374 g/mol. The molecular weight excluding hydrogens is 352 g/mol. The highest BCUT2D eigenvalue weighted by Gasteiger charge is 2.14. The van der Waals surface area contributed by atoms with Gasteiger partial charge < -0.3 is 29.6 Å². The maximum Gasteiger partial charge on any atom is 0.337 e. The summed E-state index contributed by atoms with van der Waals surface area (Å²) < 4.78 is 20.4. The third kappa shape index (κ3) is 5.04. The van der Waals surface area contributed by atoms with E-state index in [0.717, 1.165) is 0 Å².